The van der Waals surface area contributed by atoms with Crippen molar-refractivity contribution in [1.82, 2.24) is 5.32 Å². The van der Waals surface area contributed by atoms with Crippen LogP contribution in [0.4, 0.5) is 23.2 Å². The van der Waals surface area contributed by atoms with Gasteiger partial charge in [-0.25, -0.2) is 4.39 Å². The highest BCUT2D eigenvalue weighted by atomic mass is 79.9. The quantitative estimate of drug-likeness (QED) is 0.655. The third kappa shape index (κ3) is 4.38. The lowest BCUT2D eigenvalue weighted by atomic mass is 10.00. The Morgan fingerprint density at radius 3 is 2.58 bits per heavy atom. The number of rotatable bonds is 3. The number of halogens is 5. The summed E-state index contributed by atoms with van der Waals surface area (Å²) in [6, 6.07) is 2.29. The Hall–Kier alpha value is -1.31. The molecule has 0 saturated heterocycles. The van der Waals surface area contributed by atoms with E-state index in [0.717, 1.165) is 6.07 Å². The third-order valence-corrected chi connectivity index (χ3v) is 3.13. The summed E-state index contributed by atoms with van der Waals surface area (Å²) in [5.41, 5.74) is 5.44. The number of anilines is 1. The summed E-state index contributed by atoms with van der Waals surface area (Å²) < 4.78 is 49.6. The Bertz CT molecular complexity index is 490. The maximum absolute atomic E-state index is 13.3. The number of hydrogen-bond donors (Lipinski definition) is 2. The van der Waals surface area contributed by atoms with Gasteiger partial charge < -0.3 is 11.1 Å². The molecule has 1 aromatic carbocycles. The van der Waals surface area contributed by atoms with Crippen LogP contribution in [0.3, 0.4) is 0 Å². The van der Waals surface area contributed by atoms with Gasteiger partial charge in [0.25, 0.3) is 0 Å². The second-order valence-electron chi connectivity index (χ2n) is 3.95. The van der Waals surface area contributed by atoms with Gasteiger partial charge in [0.05, 0.1) is 11.6 Å². The molecule has 3 nitrogen and oxygen atoms in total. The molecule has 1 aromatic rings. The van der Waals surface area contributed by atoms with Crippen molar-refractivity contribution >= 4 is 27.5 Å². The van der Waals surface area contributed by atoms with E-state index in [1.165, 1.54) is 13.0 Å². The van der Waals surface area contributed by atoms with Crippen molar-refractivity contribution in [2.45, 2.75) is 19.0 Å². The summed E-state index contributed by atoms with van der Waals surface area (Å²) in [5, 5.41) is 1.74. The molecule has 1 rings (SSSR count). The summed E-state index contributed by atoms with van der Waals surface area (Å²) >= 11 is 3.09. The lowest BCUT2D eigenvalue weighted by molar-refractivity contribution is -0.139. The van der Waals surface area contributed by atoms with Crippen LogP contribution in [0.15, 0.2) is 16.6 Å². The molecule has 0 aliphatic heterocycles. The van der Waals surface area contributed by atoms with E-state index in [0.29, 0.717) is 4.47 Å². The molecule has 1 atom stereocenters. The Morgan fingerprint density at radius 1 is 1.47 bits per heavy atom. The maximum Gasteiger partial charge on any atom is 0.405 e. The molecule has 0 heterocycles. The average Bonchev–Trinajstić information content (AvgIpc) is 2.29. The van der Waals surface area contributed by atoms with Crippen LogP contribution in [0.25, 0.3) is 0 Å². The zero-order valence-electron chi connectivity index (χ0n) is 9.81. The van der Waals surface area contributed by atoms with E-state index in [2.05, 4.69) is 15.9 Å². The standard InChI is InChI=1S/C11H11BrF4N2O/c1-5(10(19)18-4-11(14,15)16)6-2-8(13)9(17)3-7(6)12/h2-3,5H,4,17H2,1H3,(H,18,19). The number of benzene rings is 1. The van der Waals surface area contributed by atoms with Crippen molar-refractivity contribution in [2.75, 3.05) is 12.3 Å². The molecule has 3 N–H and O–H groups in total. The van der Waals surface area contributed by atoms with Crippen LogP contribution in [0.2, 0.25) is 0 Å². The summed E-state index contributed by atoms with van der Waals surface area (Å²) in [6.07, 6.45) is -4.49. The largest absolute Gasteiger partial charge is 0.405 e. The van der Waals surface area contributed by atoms with E-state index < -0.39 is 30.4 Å². The fourth-order valence-corrected chi connectivity index (χ4v) is 2.10. The molecule has 0 aliphatic carbocycles. The molecule has 0 aromatic heterocycles. The molecule has 19 heavy (non-hydrogen) atoms. The molecular weight excluding hydrogens is 332 g/mol. The first kappa shape index (κ1) is 15.7. The molecule has 0 fully saturated rings. The number of nitrogens with one attached hydrogen (secondary N) is 1. The lowest BCUT2D eigenvalue weighted by Crippen LogP contribution is -2.36. The van der Waals surface area contributed by atoms with Crippen molar-refractivity contribution in [1.29, 1.82) is 0 Å². The molecule has 106 valence electrons. The lowest BCUT2D eigenvalue weighted by Gasteiger charge is -2.16. The second kappa shape index (κ2) is 5.77. The Labute approximate surface area is 115 Å². The van der Waals surface area contributed by atoms with Crippen LogP contribution in [-0.4, -0.2) is 18.6 Å². The average molecular weight is 343 g/mol. The minimum Gasteiger partial charge on any atom is -0.396 e. The molecule has 1 unspecified atom stereocenters. The molecule has 0 saturated carbocycles. The van der Waals surface area contributed by atoms with Crippen molar-refractivity contribution in [2.24, 2.45) is 0 Å². The SMILES string of the molecule is CC(C(=O)NCC(F)(F)F)c1cc(F)c(N)cc1Br. The summed E-state index contributed by atoms with van der Waals surface area (Å²) in [5.74, 6) is -2.51. The molecular formula is C11H11BrF4N2O. The first-order valence-electron chi connectivity index (χ1n) is 5.20. The van der Waals surface area contributed by atoms with Gasteiger partial charge in [0.1, 0.15) is 12.4 Å². The molecule has 0 bridgehead atoms. The van der Waals surface area contributed by atoms with Crippen LogP contribution < -0.4 is 11.1 Å². The van der Waals surface area contributed by atoms with Crippen LogP contribution in [-0.2, 0) is 4.79 Å². The van der Waals surface area contributed by atoms with Crippen LogP contribution in [0.5, 0.6) is 0 Å². The van der Waals surface area contributed by atoms with Gasteiger partial charge in [-0.1, -0.05) is 15.9 Å². The highest BCUT2D eigenvalue weighted by molar-refractivity contribution is 9.10. The number of nitrogens with two attached hydrogens (primary N) is 1. The Morgan fingerprint density at radius 2 is 2.05 bits per heavy atom. The topological polar surface area (TPSA) is 55.1 Å². The fraction of sp³-hybridized carbons (Fsp3) is 0.364. The van der Waals surface area contributed by atoms with E-state index in [9.17, 15) is 22.4 Å². The van der Waals surface area contributed by atoms with Crippen molar-refractivity contribution in [3.63, 3.8) is 0 Å². The minimum absolute atomic E-state index is 0.112. The van der Waals surface area contributed by atoms with E-state index in [4.69, 9.17) is 5.73 Å². The Kier molecular flexibility index (Phi) is 4.78. The highest BCUT2D eigenvalue weighted by Crippen LogP contribution is 2.29. The molecule has 8 heteroatoms. The van der Waals surface area contributed by atoms with E-state index >= 15 is 0 Å². The highest BCUT2D eigenvalue weighted by Gasteiger charge is 2.29. The van der Waals surface area contributed by atoms with E-state index in [-0.39, 0.29) is 11.3 Å². The van der Waals surface area contributed by atoms with Gasteiger partial charge in [-0.2, -0.15) is 13.2 Å². The van der Waals surface area contributed by atoms with Gasteiger partial charge in [-0.3, -0.25) is 4.79 Å². The molecule has 0 aliphatic rings. The molecule has 0 radical (unpaired) electrons. The zero-order valence-corrected chi connectivity index (χ0v) is 11.4. The monoisotopic (exact) mass is 342 g/mol. The summed E-state index contributed by atoms with van der Waals surface area (Å²) in [4.78, 5) is 11.6. The number of alkyl halides is 3. The van der Waals surface area contributed by atoms with Gasteiger partial charge in [0.2, 0.25) is 5.91 Å². The van der Waals surface area contributed by atoms with E-state index in [1.54, 1.807) is 5.32 Å². The zero-order chi connectivity index (χ0) is 14.8. The maximum atomic E-state index is 13.3. The second-order valence-corrected chi connectivity index (χ2v) is 4.80. The first-order valence-corrected chi connectivity index (χ1v) is 6.00. The third-order valence-electron chi connectivity index (χ3n) is 2.44. The van der Waals surface area contributed by atoms with Gasteiger partial charge in [0, 0.05) is 4.47 Å². The van der Waals surface area contributed by atoms with Gasteiger partial charge >= 0.3 is 6.18 Å². The van der Waals surface area contributed by atoms with Crippen molar-refractivity contribution in [3.05, 3.63) is 28.0 Å². The number of carbonyl (C=O) groups excluding carboxylic acids is 1. The van der Waals surface area contributed by atoms with Gasteiger partial charge in [-0.05, 0) is 24.6 Å². The normalized spacial score (nSPS) is 13.2. The minimum atomic E-state index is -4.49. The summed E-state index contributed by atoms with van der Waals surface area (Å²) in [7, 11) is 0. The van der Waals surface area contributed by atoms with Crippen LogP contribution in [0, 0.1) is 5.82 Å². The Balaban J connectivity index is 2.85. The van der Waals surface area contributed by atoms with E-state index in [1.807, 2.05) is 0 Å². The van der Waals surface area contributed by atoms with Crippen molar-refractivity contribution < 1.29 is 22.4 Å². The predicted octanol–water partition coefficient (Wildman–Crippen LogP) is 2.95. The predicted molar refractivity (Wildman–Crippen MR) is 66.0 cm³/mol. The first-order chi connectivity index (χ1) is 8.61. The number of amides is 1. The summed E-state index contributed by atoms with van der Waals surface area (Å²) in [6.45, 7) is -0.0489. The van der Waals surface area contributed by atoms with Gasteiger partial charge in [-0.15, -0.1) is 0 Å². The number of carbonyl (C=O) groups is 1. The van der Waals surface area contributed by atoms with Gasteiger partial charge in [0.15, 0.2) is 0 Å². The fourth-order valence-electron chi connectivity index (χ4n) is 1.39. The smallest absolute Gasteiger partial charge is 0.396 e. The number of hydrogen-bond acceptors (Lipinski definition) is 2. The van der Waals surface area contributed by atoms with Crippen molar-refractivity contribution in [3.8, 4) is 0 Å². The van der Waals surface area contributed by atoms with Crippen LogP contribution in [0.1, 0.15) is 18.4 Å². The molecule has 0 spiro atoms. The number of nitrogen functional groups attached to an aromatic ring is 1. The molecule has 1 amide bonds. The van der Waals surface area contributed by atoms with Crippen LogP contribution >= 0.6 is 15.9 Å².